The second kappa shape index (κ2) is 8.64. The summed E-state index contributed by atoms with van der Waals surface area (Å²) in [6.45, 7) is 5.29. The van der Waals surface area contributed by atoms with Crippen molar-refractivity contribution >= 4 is 11.9 Å². The second-order valence-electron chi connectivity index (χ2n) is 6.01. The van der Waals surface area contributed by atoms with Gasteiger partial charge in [-0.3, -0.25) is 9.59 Å². The first-order valence-electron chi connectivity index (χ1n) is 7.29. The van der Waals surface area contributed by atoms with Gasteiger partial charge in [0, 0.05) is 19.8 Å². The SMILES string of the molecule is COC(COC(=O)Cc1ccccc1OC(=O)C(C)(C)C)OC. The third-order valence-electron chi connectivity index (χ3n) is 3.03. The molecule has 0 spiro atoms. The van der Waals surface area contributed by atoms with Crippen molar-refractivity contribution < 1.29 is 28.5 Å². The van der Waals surface area contributed by atoms with Crippen molar-refractivity contribution in [1.82, 2.24) is 0 Å². The predicted octanol–water partition coefficient (Wildman–Crippen LogP) is 2.34. The van der Waals surface area contributed by atoms with Crippen LogP contribution in [0.5, 0.6) is 5.75 Å². The molecule has 0 bridgehead atoms. The first-order valence-corrected chi connectivity index (χ1v) is 7.29. The Hall–Kier alpha value is -1.92. The third kappa shape index (κ3) is 6.38. The molecule has 0 aliphatic heterocycles. The lowest BCUT2D eigenvalue weighted by molar-refractivity contribution is -0.166. The minimum absolute atomic E-state index is 0.00419. The number of hydrogen-bond acceptors (Lipinski definition) is 6. The Labute approximate surface area is 136 Å². The molecule has 6 heteroatoms. The fourth-order valence-corrected chi connectivity index (χ4v) is 1.60. The third-order valence-corrected chi connectivity index (χ3v) is 3.03. The molecule has 0 aliphatic carbocycles. The van der Waals surface area contributed by atoms with E-state index in [0.29, 0.717) is 11.3 Å². The number of para-hydroxylation sites is 1. The smallest absolute Gasteiger partial charge is 0.316 e. The molecule has 0 aromatic heterocycles. The normalized spacial score (nSPS) is 11.4. The maximum absolute atomic E-state index is 12.0. The van der Waals surface area contributed by atoms with Gasteiger partial charge in [-0.1, -0.05) is 18.2 Å². The highest BCUT2D eigenvalue weighted by molar-refractivity contribution is 5.79. The fourth-order valence-electron chi connectivity index (χ4n) is 1.60. The maximum Gasteiger partial charge on any atom is 0.316 e. The molecule has 0 saturated carbocycles. The van der Waals surface area contributed by atoms with Gasteiger partial charge in [0.2, 0.25) is 0 Å². The number of methoxy groups -OCH3 is 2. The van der Waals surface area contributed by atoms with Crippen LogP contribution in [-0.4, -0.2) is 39.1 Å². The lowest BCUT2D eigenvalue weighted by Crippen LogP contribution is -2.26. The van der Waals surface area contributed by atoms with Crippen molar-refractivity contribution in [1.29, 1.82) is 0 Å². The molecule has 0 unspecified atom stereocenters. The Bertz CT molecular complexity index is 528. The summed E-state index contributed by atoms with van der Waals surface area (Å²) in [6, 6.07) is 6.88. The summed E-state index contributed by atoms with van der Waals surface area (Å²) < 4.78 is 20.4. The average molecular weight is 324 g/mol. The summed E-state index contributed by atoms with van der Waals surface area (Å²) in [4.78, 5) is 23.9. The number of carbonyl (C=O) groups excluding carboxylic acids is 2. The zero-order valence-electron chi connectivity index (χ0n) is 14.3. The quantitative estimate of drug-likeness (QED) is 0.435. The number of benzene rings is 1. The van der Waals surface area contributed by atoms with Gasteiger partial charge in [-0.15, -0.1) is 0 Å². The van der Waals surface area contributed by atoms with Gasteiger partial charge in [0.1, 0.15) is 12.4 Å². The number of ether oxygens (including phenoxy) is 4. The minimum atomic E-state index is -0.627. The fraction of sp³-hybridized carbons (Fsp3) is 0.529. The lowest BCUT2D eigenvalue weighted by atomic mass is 9.97. The Morgan fingerprint density at radius 2 is 1.70 bits per heavy atom. The Morgan fingerprint density at radius 1 is 1.09 bits per heavy atom. The molecule has 0 N–H and O–H groups in total. The molecule has 0 radical (unpaired) electrons. The van der Waals surface area contributed by atoms with Crippen LogP contribution >= 0.6 is 0 Å². The number of carbonyl (C=O) groups is 2. The Morgan fingerprint density at radius 3 is 2.26 bits per heavy atom. The monoisotopic (exact) mass is 324 g/mol. The van der Waals surface area contributed by atoms with Gasteiger partial charge in [0.05, 0.1) is 11.8 Å². The highest BCUT2D eigenvalue weighted by atomic mass is 16.7. The van der Waals surface area contributed by atoms with Gasteiger partial charge in [-0.25, -0.2) is 0 Å². The maximum atomic E-state index is 12.0. The van der Waals surface area contributed by atoms with Crippen LogP contribution < -0.4 is 4.74 Å². The van der Waals surface area contributed by atoms with E-state index in [1.807, 2.05) is 0 Å². The van der Waals surface area contributed by atoms with Crippen LogP contribution in [0.1, 0.15) is 26.3 Å². The van der Waals surface area contributed by atoms with E-state index >= 15 is 0 Å². The number of esters is 2. The molecule has 1 aromatic carbocycles. The van der Waals surface area contributed by atoms with Gasteiger partial charge in [0.15, 0.2) is 6.29 Å². The van der Waals surface area contributed by atoms with Gasteiger partial charge in [0.25, 0.3) is 0 Å². The molecule has 0 fully saturated rings. The molecular formula is C17H24O6. The lowest BCUT2D eigenvalue weighted by Gasteiger charge is -2.18. The highest BCUT2D eigenvalue weighted by Crippen LogP contribution is 2.23. The second-order valence-corrected chi connectivity index (χ2v) is 6.01. The molecular weight excluding hydrogens is 300 g/mol. The summed E-state index contributed by atoms with van der Waals surface area (Å²) in [5.74, 6) is -0.458. The summed E-state index contributed by atoms with van der Waals surface area (Å²) in [7, 11) is 2.92. The number of hydrogen-bond donors (Lipinski definition) is 0. The van der Waals surface area contributed by atoms with E-state index in [9.17, 15) is 9.59 Å². The Balaban J connectivity index is 2.70. The van der Waals surface area contributed by atoms with Crippen LogP contribution in [0.3, 0.4) is 0 Å². The zero-order chi connectivity index (χ0) is 17.5. The first kappa shape index (κ1) is 19.1. The van der Waals surface area contributed by atoms with Crippen molar-refractivity contribution in [2.45, 2.75) is 33.5 Å². The van der Waals surface area contributed by atoms with Crippen LogP contribution in [0.4, 0.5) is 0 Å². The first-order chi connectivity index (χ1) is 10.8. The molecule has 128 valence electrons. The van der Waals surface area contributed by atoms with Crippen LogP contribution in [0.25, 0.3) is 0 Å². The molecule has 0 atom stereocenters. The van der Waals surface area contributed by atoms with Crippen LogP contribution in [0, 0.1) is 5.41 Å². The zero-order valence-corrected chi connectivity index (χ0v) is 14.3. The van der Waals surface area contributed by atoms with Crippen molar-refractivity contribution in [3.05, 3.63) is 29.8 Å². The van der Waals surface area contributed by atoms with Crippen molar-refractivity contribution in [2.75, 3.05) is 20.8 Å². The van der Waals surface area contributed by atoms with E-state index < -0.39 is 17.7 Å². The van der Waals surface area contributed by atoms with Gasteiger partial charge >= 0.3 is 11.9 Å². The van der Waals surface area contributed by atoms with Gasteiger partial charge < -0.3 is 18.9 Å². The van der Waals surface area contributed by atoms with E-state index in [0.717, 1.165) is 0 Å². The molecule has 0 amide bonds. The van der Waals surface area contributed by atoms with E-state index in [-0.39, 0.29) is 19.0 Å². The summed E-state index contributed by atoms with van der Waals surface area (Å²) in [6.07, 6.45) is -0.610. The van der Waals surface area contributed by atoms with E-state index in [1.54, 1.807) is 45.0 Å². The summed E-state index contributed by atoms with van der Waals surface area (Å²) in [5, 5.41) is 0. The molecule has 1 aromatic rings. The van der Waals surface area contributed by atoms with Crippen molar-refractivity contribution in [2.24, 2.45) is 5.41 Å². The molecule has 0 heterocycles. The molecule has 23 heavy (non-hydrogen) atoms. The molecule has 6 nitrogen and oxygen atoms in total. The van der Waals surface area contributed by atoms with Crippen molar-refractivity contribution in [3.63, 3.8) is 0 Å². The van der Waals surface area contributed by atoms with Gasteiger partial charge in [-0.2, -0.15) is 0 Å². The van der Waals surface area contributed by atoms with E-state index in [2.05, 4.69) is 0 Å². The Kier molecular flexibility index (Phi) is 7.19. The average Bonchev–Trinajstić information content (AvgIpc) is 2.49. The van der Waals surface area contributed by atoms with E-state index in [4.69, 9.17) is 18.9 Å². The molecule has 0 saturated heterocycles. The largest absolute Gasteiger partial charge is 0.460 e. The highest BCUT2D eigenvalue weighted by Gasteiger charge is 2.25. The predicted molar refractivity (Wildman–Crippen MR) is 84.0 cm³/mol. The standard InChI is InChI=1S/C17H24O6/c1-17(2,3)16(19)23-13-9-7-6-8-12(13)10-14(18)22-11-15(20-4)21-5/h6-9,15H,10-11H2,1-5H3. The van der Waals surface area contributed by atoms with Gasteiger partial charge in [-0.05, 0) is 26.8 Å². The van der Waals surface area contributed by atoms with Crippen LogP contribution in [0.15, 0.2) is 24.3 Å². The van der Waals surface area contributed by atoms with E-state index in [1.165, 1.54) is 14.2 Å². The minimum Gasteiger partial charge on any atom is -0.460 e. The summed E-state index contributed by atoms with van der Waals surface area (Å²) >= 11 is 0. The molecule has 0 aliphatic rings. The van der Waals surface area contributed by atoms with Crippen LogP contribution in [-0.2, 0) is 30.2 Å². The summed E-state index contributed by atoms with van der Waals surface area (Å²) in [5.41, 5.74) is -0.0425. The number of rotatable bonds is 7. The van der Waals surface area contributed by atoms with Crippen LogP contribution in [0.2, 0.25) is 0 Å². The molecule has 1 rings (SSSR count). The van der Waals surface area contributed by atoms with Crippen molar-refractivity contribution in [3.8, 4) is 5.75 Å². The topological polar surface area (TPSA) is 71.1 Å².